The number of carboxylic acid groups (broad SMARTS) is 1. The Hall–Kier alpha value is -5.97. The molecule has 53 heavy (non-hydrogen) atoms. The molecule has 11 nitrogen and oxygen atoms in total. The number of aliphatic carboxylic acids is 1. The molecule has 1 aromatic heterocycles. The van der Waals surface area contributed by atoms with Crippen molar-refractivity contribution in [2.45, 2.75) is 71.1 Å². The van der Waals surface area contributed by atoms with Gasteiger partial charge in [0.05, 0.1) is 0 Å². The molecule has 5 aromatic rings. The van der Waals surface area contributed by atoms with Crippen molar-refractivity contribution in [3.8, 4) is 11.5 Å². The number of carbonyl (C=O) groups excluding carboxylic acids is 3. The highest BCUT2D eigenvalue weighted by Crippen LogP contribution is 2.38. The number of fused-ring (bicyclic) bond motifs is 3. The summed E-state index contributed by atoms with van der Waals surface area (Å²) in [6, 6.07) is 26.0. The number of ether oxygens (including phenoxy) is 3. The molecule has 0 bridgehead atoms. The van der Waals surface area contributed by atoms with Crippen molar-refractivity contribution in [3.05, 3.63) is 108 Å². The summed E-state index contributed by atoms with van der Waals surface area (Å²) in [5.74, 6) is -4.52. The summed E-state index contributed by atoms with van der Waals surface area (Å²) in [6.07, 6.45) is 3.20. The van der Waals surface area contributed by atoms with Crippen LogP contribution in [0.3, 0.4) is 0 Å². The maximum atomic E-state index is 14.6. The number of hydrogen-bond donors (Lipinski definition) is 1. The molecule has 274 valence electrons. The first-order chi connectivity index (χ1) is 25.4. The average molecular weight is 719 g/mol. The van der Waals surface area contributed by atoms with Gasteiger partial charge in [-0.2, -0.15) is 0 Å². The maximum Gasteiger partial charge on any atom is 0.317 e. The first kappa shape index (κ1) is 36.8. The number of benzene rings is 4. The molecule has 1 aliphatic rings. The molecule has 0 fully saturated rings. The first-order valence-corrected chi connectivity index (χ1v) is 17.5. The lowest BCUT2D eigenvalue weighted by molar-refractivity contribution is -0.166. The van der Waals surface area contributed by atoms with Crippen LogP contribution in [0.1, 0.15) is 69.9 Å². The number of aromatic nitrogens is 1. The maximum absolute atomic E-state index is 14.6. The van der Waals surface area contributed by atoms with Gasteiger partial charge in [-0.15, -0.1) is 0 Å². The van der Waals surface area contributed by atoms with Crippen molar-refractivity contribution in [1.82, 2.24) is 9.88 Å². The van der Waals surface area contributed by atoms with Gasteiger partial charge in [0.2, 0.25) is 18.5 Å². The Kier molecular flexibility index (Phi) is 10.9. The van der Waals surface area contributed by atoms with Crippen molar-refractivity contribution >= 4 is 51.6 Å². The zero-order chi connectivity index (χ0) is 37.7. The molecule has 0 aliphatic carbocycles. The lowest BCUT2D eigenvalue weighted by Crippen LogP contribution is -2.48. The first-order valence-electron chi connectivity index (χ1n) is 17.5. The number of carbonyl (C=O) groups is 4. The highest BCUT2D eigenvalue weighted by molar-refractivity contribution is 6.40. The Morgan fingerprint density at radius 1 is 0.925 bits per heavy atom. The zero-order valence-corrected chi connectivity index (χ0v) is 30.1. The highest BCUT2D eigenvalue weighted by atomic mass is 16.7. The van der Waals surface area contributed by atoms with Crippen molar-refractivity contribution in [2.75, 3.05) is 6.79 Å². The number of ketones is 1. The molecule has 0 radical (unpaired) electrons. The molecule has 2 heterocycles. The topological polar surface area (TPSA) is 145 Å². The largest absolute Gasteiger partial charge is 0.481 e. The molecule has 1 N–H and O–H groups in total. The van der Waals surface area contributed by atoms with Gasteiger partial charge in [-0.1, -0.05) is 60.7 Å². The lowest BCUT2D eigenvalue weighted by Gasteiger charge is -2.35. The van der Waals surface area contributed by atoms with E-state index >= 15 is 0 Å². The fourth-order valence-corrected chi connectivity index (χ4v) is 6.47. The highest BCUT2D eigenvalue weighted by Gasteiger charge is 2.40. The number of esters is 1. The van der Waals surface area contributed by atoms with Crippen LogP contribution >= 0.6 is 0 Å². The van der Waals surface area contributed by atoms with Crippen molar-refractivity contribution in [3.63, 3.8) is 0 Å². The monoisotopic (exact) mass is 718 g/mol. The third-order valence-corrected chi connectivity index (χ3v) is 9.15. The molecule has 1 aliphatic heterocycles. The number of rotatable bonds is 14. The van der Waals surface area contributed by atoms with Crippen molar-refractivity contribution in [2.24, 2.45) is 5.92 Å². The SMILES string of the molecule is C[C@H]([C@H](CC=Cc1nc2ccccc2o1)c1ccc2c(c1)OCO2)N(Cc1ccc2ccccc2c1)C(=O)C(=O)C(CCC(=O)O)C(=O)OC(C)(C)C. The molecule has 0 saturated carbocycles. The van der Waals surface area contributed by atoms with Crippen LogP contribution in [0.25, 0.3) is 27.9 Å². The zero-order valence-electron chi connectivity index (χ0n) is 30.1. The van der Waals surface area contributed by atoms with Crippen LogP contribution in [-0.2, 0) is 30.5 Å². The number of nitrogens with zero attached hydrogens (tertiary/aromatic N) is 2. The smallest absolute Gasteiger partial charge is 0.317 e. The molecular weight excluding hydrogens is 676 g/mol. The number of para-hydroxylation sites is 2. The number of amides is 1. The Balaban J connectivity index is 1.38. The fourth-order valence-electron chi connectivity index (χ4n) is 6.47. The third kappa shape index (κ3) is 8.92. The quantitative estimate of drug-likeness (QED) is 0.0689. The van der Waals surface area contributed by atoms with E-state index in [1.54, 1.807) is 26.8 Å². The van der Waals surface area contributed by atoms with E-state index in [1.165, 1.54) is 4.90 Å². The van der Waals surface area contributed by atoms with E-state index in [0.29, 0.717) is 29.4 Å². The normalized spacial score (nSPS) is 14.3. The van der Waals surface area contributed by atoms with E-state index in [0.717, 1.165) is 27.4 Å². The summed E-state index contributed by atoms with van der Waals surface area (Å²) < 4.78 is 22.7. The molecule has 6 rings (SSSR count). The minimum Gasteiger partial charge on any atom is -0.481 e. The number of oxazole rings is 1. The summed E-state index contributed by atoms with van der Waals surface area (Å²) in [5, 5.41) is 11.4. The van der Waals surface area contributed by atoms with Crippen LogP contribution in [0.5, 0.6) is 11.5 Å². The van der Waals surface area contributed by atoms with Gasteiger partial charge < -0.3 is 28.6 Å². The minimum absolute atomic E-state index is 0.0342. The molecule has 3 atom stereocenters. The van der Waals surface area contributed by atoms with Gasteiger partial charge in [0.1, 0.15) is 17.0 Å². The predicted octanol–water partition coefficient (Wildman–Crippen LogP) is 7.71. The molecule has 0 saturated heterocycles. The molecule has 1 unspecified atom stereocenters. The van der Waals surface area contributed by atoms with Gasteiger partial charge in [0, 0.05) is 24.9 Å². The molecular formula is C42H42N2O9. The molecule has 11 heteroatoms. The van der Waals surface area contributed by atoms with Crippen LogP contribution in [0.4, 0.5) is 0 Å². The van der Waals surface area contributed by atoms with Gasteiger partial charge in [0.15, 0.2) is 17.1 Å². The van der Waals surface area contributed by atoms with Gasteiger partial charge in [-0.05, 0) is 98.8 Å². The van der Waals surface area contributed by atoms with Crippen LogP contribution in [0.15, 0.2) is 95.4 Å². The van der Waals surface area contributed by atoms with Crippen LogP contribution in [-0.4, -0.2) is 57.1 Å². The second kappa shape index (κ2) is 15.7. The van der Waals surface area contributed by atoms with E-state index in [1.807, 2.05) is 97.9 Å². The van der Waals surface area contributed by atoms with E-state index in [2.05, 4.69) is 4.98 Å². The van der Waals surface area contributed by atoms with Gasteiger partial charge in [-0.25, -0.2) is 4.98 Å². The molecule has 0 spiro atoms. The van der Waals surface area contributed by atoms with Crippen molar-refractivity contribution in [1.29, 1.82) is 0 Å². The summed E-state index contributed by atoms with van der Waals surface area (Å²) in [5.41, 5.74) is 2.00. The van der Waals surface area contributed by atoms with Crippen LogP contribution < -0.4 is 9.47 Å². The Labute approximate surface area is 307 Å². The fraction of sp³-hybridized carbons (Fsp3) is 0.310. The van der Waals surface area contributed by atoms with Gasteiger partial charge in [0.25, 0.3) is 5.91 Å². The summed E-state index contributed by atoms with van der Waals surface area (Å²) in [7, 11) is 0. The van der Waals surface area contributed by atoms with Crippen LogP contribution in [0.2, 0.25) is 0 Å². The van der Waals surface area contributed by atoms with Gasteiger partial charge >= 0.3 is 11.9 Å². The van der Waals surface area contributed by atoms with Crippen molar-refractivity contribution < 1.29 is 42.9 Å². The van der Waals surface area contributed by atoms with E-state index in [-0.39, 0.29) is 19.8 Å². The predicted molar refractivity (Wildman–Crippen MR) is 198 cm³/mol. The number of hydrogen-bond acceptors (Lipinski definition) is 9. The Bertz CT molecular complexity index is 2150. The summed E-state index contributed by atoms with van der Waals surface area (Å²) >= 11 is 0. The average Bonchev–Trinajstić information content (AvgIpc) is 3.77. The van der Waals surface area contributed by atoms with E-state index in [4.69, 9.17) is 18.6 Å². The van der Waals surface area contributed by atoms with Gasteiger partial charge in [-0.3, -0.25) is 19.2 Å². The Morgan fingerprint density at radius 2 is 1.66 bits per heavy atom. The summed E-state index contributed by atoms with van der Waals surface area (Å²) in [4.78, 5) is 59.7. The Morgan fingerprint density at radius 3 is 2.42 bits per heavy atom. The van der Waals surface area contributed by atoms with Crippen LogP contribution in [0, 0.1) is 5.92 Å². The van der Waals surface area contributed by atoms with E-state index in [9.17, 15) is 24.3 Å². The molecule has 4 aromatic carbocycles. The number of carboxylic acids is 1. The third-order valence-electron chi connectivity index (χ3n) is 9.15. The standard InChI is InChI=1S/C42H42N2O9/c1-26(31(30-18-20-35-36(23-30)51-25-50-35)12-9-15-37-43-33-13-7-8-14-34(33)52-37)44(24-27-16-17-28-10-5-6-11-29(28)22-27)40(48)39(47)32(19-21-38(45)46)41(49)53-42(2,3)4/h5-11,13-18,20,22-23,26,31-32H,12,19,21,24-25H2,1-4H3,(H,45,46)/t26-,31+,32?/m1/s1. The number of Topliss-reactive ketones (excluding diaryl/α,β-unsaturated/α-hetero) is 1. The summed E-state index contributed by atoms with van der Waals surface area (Å²) in [6.45, 7) is 6.90. The number of allylic oxidation sites excluding steroid dienone is 1. The van der Waals surface area contributed by atoms with E-state index < -0.39 is 53.5 Å². The molecule has 1 amide bonds. The second-order valence-electron chi connectivity index (χ2n) is 14.1. The lowest BCUT2D eigenvalue weighted by atomic mass is 9.87. The second-order valence-corrected chi connectivity index (χ2v) is 14.1. The minimum atomic E-state index is -1.60.